The lowest BCUT2D eigenvalue weighted by Crippen LogP contribution is -2.51. The summed E-state index contributed by atoms with van der Waals surface area (Å²) in [6.07, 6.45) is 7.38. The van der Waals surface area contributed by atoms with E-state index in [0.717, 1.165) is 64.2 Å². The molecular weight excluding hydrogens is 472 g/mol. The summed E-state index contributed by atoms with van der Waals surface area (Å²) in [6.45, 7) is 1.90. The number of hydrogen-bond acceptors (Lipinski definition) is 10. The van der Waals surface area contributed by atoms with E-state index in [2.05, 4.69) is 43.0 Å². The van der Waals surface area contributed by atoms with E-state index in [1.807, 2.05) is 18.2 Å². The Morgan fingerprint density at radius 1 is 1.08 bits per heavy atom. The van der Waals surface area contributed by atoms with E-state index in [0.29, 0.717) is 17.6 Å². The zero-order valence-electron chi connectivity index (χ0n) is 19.3. The molecule has 0 aromatic carbocycles. The number of hydrogen-bond donors (Lipinski definition) is 2. The summed E-state index contributed by atoms with van der Waals surface area (Å²) in [5.41, 5.74) is 3.94. The van der Waals surface area contributed by atoms with Gasteiger partial charge in [-0.25, -0.2) is 4.52 Å². The Hall–Kier alpha value is -4.06. The van der Waals surface area contributed by atoms with E-state index in [1.54, 1.807) is 34.3 Å². The van der Waals surface area contributed by atoms with E-state index in [4.69, 9.17) is 4.98 Å². The first-order valence-electron chi connectivity index (χ1n) is 12.1. The molecule has 4 aromatic heterocycles. The number of nitrogens with one attached hydrogen (secondary N) is 2. The van der Waals surface area contributed by atoms with Crippen molar-refractivity contribution in [3.05, 3.63) is 42.2 Å². The molecule has 10 nitrogen and oxygen atoms in total. The van der Waals surface area contributed by atoms with Crippen LogP contribution < -0.4 is 15.5 Å². The minimum atomic E-state index is -0.556. The van der Waals surface area contributed by atoms with E-state index < -0.39 is 5.54 Å². The van der Waals surface area contributed by atoms with Gasteiger partial charge in [-0.2, -0.15) is 15.6 Å². The lowest BCUT2D eigenvalue weighted by atomic mass is 10.1. The van der Waals surface area contributed by atoms with Crippen molar-refractivity contribution < 1.29 is 0 Å². The number of anilines is 2. The molecule has 2 bridgehead atoms. The fraction of sp³-hybridized carbons (Fsp3) is 0.360. The van der Waals surface area contributed by atoms with Gasteiger partial charge in [0.05, 0.1) is 40.3 Å². The minimum absolute atomic E-state index is 0.507. The molecule has 7 rings (SSSR count). The molecule has 11 heteroatoms. The lowest BCUT2D eigenvalue weighted by Gasteiger charge is -2.32. The average Bonchev–Trinajstić information content (AvgIpc) is 3.23. The molecule has 2 N–H and O–H groups in total. The van der Waals surface area contributed by atoms with Crippen LogP contribution in [-0.2, 0) is 0 Å². The van der Waals surface area contributed by atoms with Crippen molar-refractivity contribution in [2.75, 3.05) is 23.3 Å². The van der Waals surface area contributed by atoms with Crippen molar-refractivity contribution in [3.63, 3.8) is 0 Å². The summed E-state index contributed by atoms with van der Waals surface area (Å²) in [5, 5.41) is 41.2. The van der Waals surface area contributed by atoms with Crippen LogP contribution in [0.15, 0.2) is 36.7 Å². The highest BCUT2D eigenvalue weighted by atomic mass is 32.1. The molecule has 1 aliphatic carbocycles. The molecule has 2 unspecified atom stereocenters. The molecular formula is C25H22N10S. The number of piperazine rings is 1. The zero-order chi connectivity index (χ0) is 24.3. The van der Waals surface area contributed by atoms with Crippen LogP contribution in [0.4, 0.5) is 10.8 Å². The SMILES string of the molecule is N#Cc1cnn2c(-c3cc(NC4(C#N)CC4)c(-c4nnc(N5CC6CCC(C5)N6)s4)cn3)ccc2c1. The number of nitrogens with zero attached hydrogens (tertiary/aromatic N) is 8. The van der Waals surface area contributed by atoms with Gasteiger partial charge in [0.2, 0.25) is 5.13 Å². The number of nitriles is 2. The highest BCUT2D eigenvalue weighted by Crippen LogP contribution is 2.43. The zero-order valence-corrected chi connectivity index (χ0v) is 20.2. The Balaban J connectivity index is 1.27. The number of fused-ring (bicyclic) bond motifs is 3. The van der Waals surface area contributed by atoms with Crippen LogP contribution in [0.2, 0.25) is 0 Å². The van der Waals surface area contributed by atoms with E-state index >= 15 is 0 Å². The highest BCUT2D eigenvalue weighted by molar-refractivity contribution is 7.18. The van der Waals surface area contributed by atoms with Crippen LogP contribution in [0, 0.1) is 22.7 Å². The largest absolute Gasteiger partial charge is 0.367 e. The first-order valence-corrected chi connectivity index (χ1v) is 12.9. The highest BCUT2D eigenvalue weighted by Gasteiger charge is 2.44. The molecule has 0 amide bonds. The van der Waals surface area contributed by atoms with Gasteiger partial charge in [0, 0.05) is 37.1 Å². The Morgan fingerprint density at radius 3 is 2.67 bits per heavy atom. The van der Waals surface area contributed by atoms with Gasteiger partial charge in [0.1, 0.15) is 11.6 Å². The van der Waals surface area contributed by atoms with Crippen molar-refractivity contribution in [2.45, 2.75) is 43.3 Å². The van der Waals surface area contributed by atoms with Crippen LogP contribution >= 0.6 is 11.3 Å². The Bertz CT molecular complexity index is 1560. The van der Waals surface area contributed by atoms with Gasteiger partial charge in [0.25, 0.3) is 0 Å². The number of rotatable bonds is 5. The third-order valence-corrected chi connectivity index (χ3v) is 8.28. The fourth-order valence-corrected chi connectivity index (χ4v) is 6.06. The number of aromatic nitrogens is 5. The van der Waals surface area contributed by atoms with Crippen LogP contribution in [0.1, 0.15) is 31.2 Å². The summed E-state index contributed by atoms with van der Waals surface area (Å²) in [7, 11) is 0. The van der Waals surface area contributed by atoms with Gasteiger partial charge in [-0.1, -0.05) is 11.3 Å². The van der Waals surface area contributed by atoms with Gasteiger partial charge >= 0.3 is 0 Å². The first kappa shape index (κ1) is 21.2. The molecule has 2 saturated heterocycles. The van der Waals surface area contributed by atoms with Gasteiger partial charge in [-0.15, -0.1) is 10.2 Å². The predicted octanol–water partition coefficient (Wildman–Crippen LogP) is 3.20. The standard InChI is InChI=1S/C25H22N10S/c26-9-15-7-18-3-4-22(35(18)29-10-15)21-8-20(31-25(14-27)5-6-25)19(11-28-21)23-32-33-24(36-23)34-12-16-1-2-17(13-34)30-16/h3-4,7-8,10-11,16-17,30H,1-2,5-6,12-13H2,(H,28,31). The summed E-state index contributed by atoms with van der Waals surface area (Å²) in [5.74, 6) is 0. The van der Waals surface area contributed by atoms with Gasteiger partial charge in [0.15, 0.2) is 5.01 Å². The van der Waals surface area contributed by atoms with E-state index in [1.165, 1.54) is 12.8 Å². The average molecular weight is 495 g/mol. The summed E-state index contributed by atoms with van der Waals surface area (Å²) in [4.78, 5) is 7.08. The molecule has 3 aliphatic rings. The van der Waals surface area contributed by atoms with Crippen LogP contribution in [0.25, 0.3) is 27.5 Å². The predicted molar refractivity (Wildman–Crippen MR) is 135 cm³/mol. The minimum Gasteiger partial charge on any atom is -0.367 e. The molecule has 36 heavy (non-hydrogen) atoms. The summed E-state index contributed by atoms with van der Waals surface area (Å²) < 4.78 is 1.77. The molecule has 0 spiro atoms. The first-order chi connectivity index (χ1) is 17.6. The maximum atomic E-state index is 9.75. The van der Waals surface area contributed by atoms with Gasteiger partial charge in [-0.3, -0.25) is 4.98 Å². The quantitative estimate of drug-likeness (QED) is 0.429. The second-order valence-corrected chi connectivity index (χ2v) is 10.7. The third kappa shape index (κ3) is 3.56. The molecule has 1 saturated carbocycles. The molecule has 6 heterocycles. The second-order valence-electron chi connectivity index (χ2n) is 9.78. The molecule has 178 valence electrons. The van der Waals surface area contributed by atoms with Crippen molar-refractivity contribution in [3.8, 4) is 34.1 Å². The summed E-state index contributed by atoms with van der Waals surface area (Å²) in [6, 6.07) is 13.2. The lowest BCUT2D eigenvalue weighted by molar-refractivity contribution is 0.465. The Morgan fingerprint density at radius 2 is 1.92 bits per heavy atom. The topological polar surface area (TPSA) is 131 Å². The molecule has 0 radical (unpaired) electrons. The van der Waals surface area contributed by atoms with E-state index in [9.17, 15) is 10.5 Å². The molecule has 3 fully saturated rings. The van der Waals surface area contributed by atoms with Crippen molar-refractivity contribution in [1.29, 1.82) is 10.5 Å². The monoisotopic (exact) mass is 494 g/mol. The Kier molecular flexibility index (Phi) is 4.71. The van der Waals surface area contributed by atoms with Crippen molar-refractivity contribution in [1.82, 2.24) is 30.1 Å². The van der Waals surface area contributed by atoms with Gasteiger partial charge in [-0.05, 0) is 49.9 Å². The summed E-state index contributed by atoms with van der Waals surface area (Å²) >= 11 is 1.57. The second kappa shape index (κ2) is 7.98. The molecule has 2 atom stereocenters. The molecule has 2 aliphatic heterocycles. The third-order valence-electron chi connectivity index (χ3n) is 7.27. The normalized spacial score (nSPS) is 21.8. The molecule has 4 aromatic rings. The van der Waals surface area contributed by atoms with Crippen LogP contribution in [0.3, 0.4) is 0 Å². The van der Waals surface area contributed by atoms with Crippen molar-refractivity contribution in [2.24, 2.45) is 0 Å². The van der Waals surface area contributed by atoms with Crippen LogP contribution in [-0.4, -0.2) is 55.5 Å². The maximum Gasteiger partial charge on any atom is 0.208 e. The Labute approximate surface area is 211 Å². The maximum absolute atomic E-state index is 9.75. The van der Waals surface area contributed by atoms with E-state index in [-0.39, 0.29) is 0 Å². The number of pyridine rings is 1. The van der Waals surface area contributed by atoms with Crippen LogP contribution in [0.5, 0.6) is 0 Å². The van der Waals surface area contributed by atoms with Crippen molar-refractivity contribution >= 4 is 27.7 Å². The van der Waals surface area contributed by atoms with Gasteiger partial charge < -0.3 is 15.5 Å². The fourth-order valence-electron chi connectivity index (χ4n) is 5.18. The smallest absolute Gasteiger partial charge is 0.208 e.